The Morgan fingerprint density at radius 2 is 0.524 bits per heavy atom. The predicted octanol–water partition coefficient (Wildman–Crippen LogP) is 17.5. The summed E-state index contributed by atoms with van der Waals surface area (Å²) in [5.41, 5.74) is 17.8. The summed E-state index contributed by atoms with van der Waals surface area (Å²) >= 11 is 0. The van der Waals surface area contributed by atoms with Crippen LogP contribution in [0.3, 0.4) is 0 Å². The van der Waals surface area contributed by atoms with Gasteiger partial charge >= 0.3 is 0 Å². The highest BCUT2D eigenvalue weighted by Crippen LogP contribution is 2.41. The fourth-order valence-electron chi connectivity index (χ4n) is 9.09. The van der Waals surface area contributed by atoms with E-state index in [4.69, 9.17) is 0 Å². The minimum atomic E-state index is 1.09. The lowest BCUT2D eigenvalue weighted by Crippen LogP contribution is -2.09. The Morgan fingerprint density at radius 3 is 1.03 bits per heavy atom. The van der Waals surface area contributed by atoms with Gasteiger partial charge in [-0.05, 0) is 131 Å². The molecule has 1 heteroatoms. The van der Waals surface area contributed by atoms with Crippen molar-refractivity contribution in [1.82, 2.24) is 0 Å². The van der Waals surface area contributed by atoms with Crippen LogP contribution in [-0.2, 0) is 0 Å². The largest absolute Gasteiger partial charge is 0.311 e. The minimum absolute atomic E-state index is 1.09. The van der Waals surface area contributed by atoms with E-state index in [-0.39, 0.29) is 0 Å². The van der Waals surface area contributed by atoms with Crippen molar-refractivity contribution in [2.45, 2.75) is 0 Å². The van der Waals surface area contributed by atoms with Crippen LogP contribution in [0.1, 0.15) is 0 Å². The van der Waals surface area contributed by atoms with Crippen LogP contribution in [0.4, 0.5) is 17.1 Å². The number of nitrogens with zero attached hydrogens (tertiary/aromatic N) is 1. The molecular formula is C62H43N. The smallest absolute Gasteiger partial charge is 0.0462 e. The van der Waals surface area contributed by atoms with Gasteiger partial charge in [0.2, 0.25) is 0 Å². The molecule has 63 heavy (non-hydrogen) atoms. The molecule has 0 unspecified atom stereocenters. The molecule has 0 radical (unpaired) electrons. The molecule has 11 aromatic rings. The molecule has 0 saturated carbocycles. The molecule has 0 N–H and O–H groups in total. The van der Waals surface area contributed by atoms with Crippen LogP contribution >= 0.6 is 0 Å². The van der Waals surface area contributed by atoms with E-state index in [2.05, 4.69) is 266 Å². The maximum absolute atomic E-state index is 2.36. The Labute approximate surface area is 369 Å². The second-order valence-electron chi connectivity index (χ2n) is 16.1. The molecule has 0 spiro atoms. The van der Waals surface area contributed by atoms with Crippen molar-refractivity contribution in [2.24, 2.45) is 0 Å². The van der Waals surface area contributed by atoms with E-state index >= 15 is 0 Å². The van der Waals surface area contributed by atoms with Gasteiger partial charge in [-0.3, -0.25) is 0 Å². The van der Waals surface area contributed by atoms with Crippen LogP contribution in [-0.4, -0.2) is 0 Å². The molecule has 0 aliphatic rings. The highest BCUT2D eigenvalue weighted by atomic mass is 15.1. The number of rotatable bonds is 9. The Hall–Kier alpha value is -8.26. The number of fused-ring (bicyclic) bond motifs is 2. The number of anilines is 3. The number of benzene rings is 11. The molecule has 0 aliphatic heterocycles. The van der Waals surface area contributed by atoms with E-state index in [9.17, 15) is 0 Å². The average Bonchev–Trinajstić information content (AvgIpc) is 3.37. The third-order valence-electron chi connectivity index (χ3n) is 12.3. The monoisotopic (exact) mass is 801 g/mol. The summed E-state index contributed by atoms with van der Waals surface area (Å²) in [6, 6.07) is 94.5. The lowest BCUT2D eigenvalue weighted by atomic mass is 9.90. The first kappa shape index (κ1) is 37.7. The second kappa shape index (κ2) is 16.7. The molecule has 11 rings (SSSR count). The Balaban J connectivity index is 0.941. The van der Waals surface area contributed by atoms with Crippen molar-refractivity contribution >= 4 is 38.6 Å². The predicted molar refractivity (Wildman–Crippen MR) is 269 cm³/mol. The summed E-state index contributed by atoms with van der Waals surface area (Å²) in [7, 11) is 0. The summed E-state index contributed by atoms with van der Waals surface area (Å²) < 4.78 is 0. The molecule has 0 bridgehead atoms. The van der Waals surface area contributed by atoms with E-state index in [0.29, 0.717) is 0 Å². The molecule has 1 nitrogen and oxygen atoms in total. The molecule has 0 aromatic heterocycles. The van der Waals surface area contributed by atoms with Crippen LogP contribution in [0.25, 0.3) is 88.3 Å². The van der Waals surface area contributed by atoms with Gasteiger partial charge in [-0.25, -0.2) is 0 Å². The molecule has 0 saturated heterocycles. The summed E-state index contributed by atoms with van der Waals surface area (Å²) in [6.45, 7) is 0. The van der Waals surface area contributed by atoms with E-state index < -0.39 is 0 Å². The zero-order valence-electron chi connectivity index (χ0n) is 34.8. The van der Waals surface area contributed by atoms with Crippen molar-refractivity contribution in [1.29, 1.82) is 0 Å². The lowest BCUT2D eigenvalue weighted by molar-refractivity contribution is 1.28. The maximum atomic E-state index is 2.36. The first-order valence-corrected chi connectivity index (χ1v) is 21.7. The van der Waals surface area contributed by atoms with E-state index in [1.807, 2.05) is 0 Å². The fraction of sp³-hybridized carbons (Fsp3) is 0. The Morgan fingerprint density at radius 1 is 0.190 bits per heavy atom. The highest BCUT2D eigenvalue weighted by molar-refractivity contribution is 5.98. The molecule has 296 valence electrons. The van der Waals surface area contributed by atoms with Crippen molar-refractivity contribution in [3.8, 4) is 66.8 Å². The molecule has 0 aliphatic carbocycles. The quantitative estimate of drug-likeness (QED) is 0.141. The Bertz CT molecular complexity index is 3200. The zero-order valence-corrected chi connectivity index (χ0v) is 34.8. The van der Waals surface area contributed by atoms with Crippen LogP contribution in [0, 0.1) is 0 Å². The molecular weight excluding hydrogens is 759 g/mol. The fourth-order valence-corrected chi connectivity index (χ4v) is 9.09. The maximum Gasteiger partial charge on any atom is 0.0462 e. The zero-order chi connectivity index (χ0) is 42.0. The molecule has 11 aromatic carbocycles. The van der Waals surface area contributed by atoms with E-state index in [1.165, 1.54) is 88.3 Å². The van der Waals surface area contributed by atoms with Gasteiger partial charge in [0.1, 0.15) is 0 Å². The molecule has 0 amide bonds. The molecule has 0 atom stereocenters. The van der Waals surface area contributed by atoms with Crippen molar-refractivity contribution in [3.63, 3.8) is 0 Å². The SMILES string of the molecule is c1ccc(-c2ccc(-c3ccccc3)c(-c3ccc(-c4ccc(N(c5ccc(-c6cccc7ccccc67)cc5)c5ccc(-c6cccc7ccccc67)cc5)cc4)cc3)c2)cc1. The standard InChI is InChI=1S/C62H43N/c1-3-13-44(14-4-1)53-35-42-61(47-15-5-2-6-16-47)62(43-53)52-27-25-45(26-28-52)46-29-36-54(37-30-46)63(55-38-31-50(32-39-55)59-23-11-19-48-17-7-9-21-57(48)59)56-40-33-51(34-41-56)60-24-12-20-49-18-8-10-22-58(49)60/h1-43H. The third-order valence-corrected chi connectivity index (χ3v) is 12.3. The Kier molecular flexibility index (Phi) is 9.97. The molecule has 0 heterocycles. The number of hydrogen-bond acceptors (Lipinski definition) is 1. The van der Waals surface area contributed by atoms with Crippen molar-refractivity contribution < 1.29 is 0 Å². The van der Waals surface area contributed by atoms with Crippen molar-refractivity contribution in [2.75, 3.05) is 4.90 Å². The summed E-state index contributed by atoms with van der Waals surface area (Å²) in [4.78, 5) is 2.36. The van der Waals surface area contributed by atoms with Gasteiger partial charge in [0.05, 0.1) is 0 Å². The van der Waals surface area contributed by atoms with Gasteiger partial charge < -0.3 is 4.90 Å². The molecule has 0 fully saturated rings. The van der Waals surface area contributed by atoms with Gasteiger partial charge in [-0.1, -0.05) is 218 Å². The average molecular weight is 802 g/mol. The summed E-state index contributed by atoms with van der Waals surface area (Å²) in [5.74, 6) is 0. The summed E-state index contributed by atoms with van der Waals surface area (Å²) in [6.07, 6.45) is 0. The van der Waals surface area contributed by atoms with Crippen molar-refractivity contribution in [3.05, 3.63) is 261 Å². The van der Waals surface area contributed by atoms with Gasteiger partial charge in [0, 0.05) is 17.1 Å². The van der Waals surface area contributed by atoms with Gasteiger partial charge in [-0.15, -0.1) is 0 Å². The van der Waals surface area contributed by atoms with Crippen LogP contribution in [0.15, 0.2) is 261 Å². The van der Waals surface area contributed by atoms with Crippen LogP contribution < -0.4 is 4.90 Å². The van der Waals surface area contributed by atoms with Gasteiger partial charge in [0.25, 0.3) is 0 Å². The first-order valence-electron chi connectivity index (χ1n) is 21.7. The lowest BCUT2D eigenvalue weighted by Gasteiger charge is -2.26. The van der Waals surface area contributed by atoms with E-state index in [0.717, 1.165) is 17.1 Å². The van der Waals surface area contributed by atoms with Gasteiger partial charge in [0.15, 0.2) is 0 Å². The number of hydrogen-bond donors (Lipinski definition) is 0. The second-order valence-corrected chi connectivity index (χ2v) is 16.1. The highest BCUT2D eigenvalue weighted by Gasteiger charge is 2.16. The van der Waals surface area contributed by atoms with Crippen LogP contribution in [0.5, 0.6) is 0 Å². The summed E-state index contributed by atoms with van der Waals surface area (Å²) in [5, 5.41) is 5.01. The first-order chi connectivity index (χ1) is 31.2. The van der Waals surface area contributed by atoms with Crippen LogP contribution in [0.2, 0.25) is 0 Å². The minimum Gasteiger partial charge on any atom is -0.311 e. The normalized spacial score (nSPS) is 11.2. The topological polar surface area (TPSA) is 3.24 Å². The third kappa shape index (κ3) is 7.47. The van der Waals surface area contributed by atoms with E-state index in [1.54, 1.807) is 0 Å². The van der Waals surface area contributed by atoms with Gasteiger partial charge in [-0.2, -0.15) is 0 Å².